The monoisotopic (exact) mass is 234 g/mol. The number of aliphatic carboxylic acids is 1. The number of aromatic hydroxyl groups is 1. The number of hydrogen-bond donors (Lipinski definition) is 2. The molecule has 17 heavy (non-hydrogen) atoms. The molecule has 2 rings (SSSR count). The third kappa shape index (κ3) is 2.28. The van der Waals surface area contributed by atoms with E-state index in [1.54, 1.807) is 0 Å². The summed E-state index contributed by atoms with van der Waals surface area (Å²) in [6.07, 6.45) is 1.88. The number of fused-ring (bicyclic) bond motifs is 1. The minimum Gasteiger partial charge on any atom is -0.507 e. The summed E-state index contributed by atoms with van der Waals surface area (Å²) in [6, 6.07) is 3.93. The fraction of sp³-hybridized carbons (Fsp3) is 0.500. The van der Waals surface area contributed by atoms with Crippen LogP contribution in [0.1, 0.15) is 42.4 Å². The summed E-state index contributed by atoms with van der Waals surface area (Å²) < 4.78 is 0. The first kappa shape index (κ1) is 12.0. The van der Waals surface area contributed by atoms with Gasteiger partial charge in [-0.3, -0.25) is 4.79 Å². The Hall–Kier alpha value is -1.51. The highest BCUT2D eigenvalue weighted by Crippen LogP contribution is 2.42. The van der Waals surface area contributed by atoms with Gasteiger partial charge in [-0.25, -0.2) is 0 Å². The number of rotatable bonds is 2. The second kappa shape index (κ2) is 4.40. The van der Waals surface area contributed by atoms with Gasteiger partial charge in [0.15, 0.2) is 0 Å². The maximum Gasteiger partial charge on any atom is 0.303 e. The second-order valence-corrected chi connectivity index (χ2v) is 5.14. The molecular formula is C14H18O3. The van der Waals surface area contributed by atoms with Crippen molar-refractivity contribution in [1.29, 1.82) is 0 Å². The molecule has 1 aliphatic rings. The third-order valence-electron chi connectivity index (χ3n) is 3.59. The minimum atomic E-state index is -0.795. The van der Waals surface area contributed by atoms with Gasteiger partial charge in [0.05, 0.1) is 6.42 Å². The van der Waals surface area contributed by atoms with Gasteiger partial charge in [0.2, 0.25) is 0 Å². The Morgan fingerprint density at radius 2 is 2.18 bits per heavy atom. The standard InChI is InChI=1S/C14H18O3/c1-8-5-10-4-3-9(2)14(17)13(10)11(6-8)7-12(15)16/h3-4,8,11,17H,5-7H2,1-2H3,(H,15,16)/t8-,11+/m0/s1. The van der Waals surface area contributed by atoms with E-state index in [9.17, 15) is 9.90 Å². The lowest BCUT2D eigenvalue weighted by Crippen LogP contribution is -2.19. The van der Waals surface area contributed by atoms with Gasteiger partial charge in [-0.15, -0.1) is 0 Å². The number of carboxylic acids is 1. The molecule has 3 nitrogen and oxygen atoms in total. The van der Waals surface area contributed by atoms with Gasteiger partial charge in [0.25, 0.3) is 0 Å². The van der Waals surface area contributed by atoms with Crippen LogP contribution in [0.3, 0.4) is 0 Å². The average molecular weight is 234 g/mol. The Labute approximate surface area is 101 Å². The maximum atomic E-state index is 10.9. The van der Waals surface area contributed by atoms with E-state index in [-0.39, 0.29) is 12.3 Å². The number of phenolic OH excluding ortho intramolecular Hbond substituents is 1. The van der Waals surface area contributed by atoms with Gasteiger partial charge in [0.1, 0.15) is 5.75 Å². The van der Waals surface area contributed by atoms with Crippen LogP contribution in [0.2, 0.25) is 0 Å². The van der Waals surface area contributed by atoms with Gasteiger partial charge >= 0.3 is 5.97 Å². The van der Waals surface area contributed by atoms with Crippen LogP contribution in [0.25, 0.3) is 0 Å². The minimum absolute atomic E-state index is 0.0499. The summed E-state index contributed by atoms with van der Waals surface area (Å²) in [6.45, 7) is 3.99. The topological polar surface area (TPSA) is 57.5 Å². The van der Waals surface area contributed by atoms with E-state index in [2.05, 4.69) is 6.92 Å². The quantitative estimate of drug-likeness (QED) is 0.827. The van der Waals surface area contributed by atoms with Gasteiger partial charge in [-0.1, -0.05) is 19.1 Å². The highest BCUT2D eigenvalue weighted by Gasteiger charge is 2.29. The molecule has 2 N–H and O–H groups in total. The normalized spacial score (nSPS) is 23.2. The van der Waals surface area contributed by atoms with Crippen molar-refractivity contribution in [3.63, 3.8) is 0 Å². The van der Waals surface area contributed by atoms with Gasteiger partial charge in [0, 0.05) is 5.56 Å². The summed E-state index contributed by atoms with van der Waals surface area (Å²) >= 11 is 0. The van der Waals surface area contributed by atoms with Crippen molar-refractivity contribution in [1.82, 2.24) is 0 Å². The Balaban J connectivity index is 2.46. The lowest BCUT2D eigenvalue weighted by molar-refractivity contribution is -0.137. The zero-order valence-electron chi connectivity index (χ0n) is 10.2. The molecule has 0 bridgehead atoms. The summed E-state index contributed by atoms with van der Waals surface area (Å²) in [5, 5.41) is 19.1. The molecule has 1 aromatic carbocycles. The Kier molecular flexibility index (Phi) is 3.09. The number of aryl methyl sites for hydroxylation is 1. The molecule has 0 unspecified atom stereocenters. The zero-order chi connectivity index (χ0) is 12.6. The smallest absolute Gasteiger partial charge is 0.303 e. The average Bonchev–Trinajstić information content (AvgIpc) is 2.22. The first-order valence-corrected chi connectivity index (χ1v) is 6.02. The zero-order valence-corrected chi connectivity index (χ0v) is 10.2. The first-order chi connectivity index (χ1) is 7.99. The van der Waals surface area contributed by atoms with Gasteiger partial charge < -0.3 is 10.2 Å². The van der Waals surface area contributed by atoms with Crippen molar-refractivity contribution in [3.05, 3.63) is 28.8 Å². The highest BCUT2D eigenvalue weighted by molar-refractivity contribution is 5.69. The summed E-state index contributed by atoms with van der Waals surface area (Å²) in [5.74, 6) is -0.0725. The van der Waals surface area contributed by atoms with Crippen LogP contribution < -0.4 is 0 Å². The number of carbonyl (C=O) groups is 1. The molecule has 0 amide bonds. The van der Waals surface area contributed by atoms with Gasteiger partial charge in [-0.2, -0.15) is 0 Å². The number of hydrogen-bond acceptors (Lipinski definition) is 2. The van der Waals surface area contributed by atoms with E-state index < -0.39 is 5.97 Å². The van der Waals surface area contributed by atoms with Gasteiger partial charge in [-0.05, 0) is 42.7 Å². The lowest BCUT2D eigenvalue weighted by atomic mass is 9.75. The molecule has 92 valence electrons. The maximum absolute atomic E-state index is 10.9. The van der Waals surface area contributed by atoms with E-state index in [0.29, 0.717) is 11.7 Å². The van der Waals surface area contributed by atoms with Crippen molar-refractivity contribution in [2.45, 2.75) is 39.0 Å². The number of carboxylic acid groups (broad SMARTS) is 1. The molecule has 0 saturated carbocycles. The SMILES string of the molecule is Cc1ccc2c(c1O)[C@@H](CC(=O)O)C[C@@H](C)C2. The van der Waals surface area contributed by atoms with Crippen LogP contribution in [0.5, 0.6) is 5.75 Å². The largest absolute Gasteiger partial charge is 0.507 e. The number of benzene rings is 1. The van der Waals surface area contributed by atoms with Crippen molar-refractivity contribution >= 4 is 5.97 Å². The van der Waals surface area contributed by atoms with Crippen LogP contribution in [-0.4, -0.2) is 16.2 Å². The molecular weight excluding hydrogens is 216 g/mol. The summed E-state index contributed by atoms with van der Waals surface area (Å²) in [5.41, 5.74) is 2.80. The molecule has 1 aliphatic carbocycles. The molecule has 3 heteroatoms. The predicted molar refractivity (Wildman–Crippen MR) is 65.3 cm³/mol. The van der Waals surface area contributed by atoms with Crippen molar-refractivity contribution in [3.8, 4) is 5.75 Å². The Bertz CT molecular complexity index is 451. The van der Waals surface area contributed by atoms with Crippen LogP contribution in [0, 0.1) is 12.8 Å². The van der Waals surface area contributed by atoms with Crippen molar-refractivity contribution < 1.29 is 15.0 Å². The molecule has 1 aromatic rings. The fourth-order valence-electron chi connectivity index (χ4n) is 2.85. The van der Waals surface area contributed by atoms with E-state index >= 15 is 0 Å². The molecule has 0 fully saturated rings. The molecule has 0 heterocycles. The van der Waals surface area contributed by atoms with E-state index in [1.165, 1.54) is 0 Å². The van der Waals surface area contributed by atoms with E-state index in [0.717, 1.165) is 29.5 Å². The lowest BCUT2D eigenvalue weighted by Gasteiger charge is -2.30. The van der Waals surface area contributed by atoms with Crippen LogP contribution >= 0.6 is 0 Å². The summed E-state index contributed by atoms with van der Waals surface area (Å²) in [4.78, 5) is 10.9. The Morgan fingerprint density at radius 3 is 2.82 bits per heavy atom. The van der Waals surface area contributed by atoms with Crippen LogP contribution in [0.15, 0.2) is 12.1 Å². The Morgan fingerprint density at radius 1 is 1.47 bits per heavy atom. The summed E-state index contributed by atoms with van der Waals surface area (Å²) in [7, 11) is 0. The number of phenols is 1. The fourth-order valence-corrected chi connectivity index (χ4v) is 2.85. The molecule has 0 aromatic heterocycles. The van der Waals surface area contributed by atoms with Crippen LogP contribution in [-0.2, 0) is 11.2 Å². The molecule has 0 saturated heterocycles. The molecule has 0 spiro atoms. The first-order valence-electron chi connectivity index (χ1n) is 6.02. The van der Waals surface area contributed by atoms with E-state index in [4.69, 9.17) is 5.11 Å². The second-order valence-electron chi connectivity index (χ2n) is 5.14. The van der Waals surface area contributed by atoms with Crippen molar-refractivity contribution in [2.75, 3.05) is 0 Å². The molecule has 0 aliphatic heterocycles. The van der Waals surface area contributed by atoms with E-state index in [1.807, 2.05) is 19.1 Å². The van der Waals surface area contributed by atoms with Crippen LogP contribution in [0.4, 0.5) is 0 Å². The molecule has 2 atom stereocenters. The third-order valence-corrected chi connectivity index (χ3v) is 3.59. The predicted octanol–water partition coefficient (Wildman–Crippen LogP) is 2.84. The highest BCUT2D eigenvalue weighted by atomic mass is 16.4. The molecule has 0 radical (unpaired) electrons. The van der Waals surface area contributed by atoms with Crippen molar-refractivity contribution in [2.24, 2.45) is 5.92 Å².